The van der Waals surface area contributed by atoms with E-state index in [-0.39, 0.29) is 23.2 Å². The summed E-state index contributed by atoms with van der Waals surface area (Å²) in [6.45, 7) is 1.90. The summed E-state index contributed by atoms with van der Waals surface area (Å²) in [7, 11) is 0. The number of benzene rings is 2. The molecule has 33 heavy (non-hydrogen) atoms. The van der Waals surface area contributed by atoms with E-state index >= 15 is 0 Å². The number of nitriles is 1. The second-order valence-corrected chi connectivity index (χ2v) is 7.73. The Labute approximate surface area is 194 Å². The highest BCUT2D eigenvalue weighted by molar-refractivity contribution is 6.30. The SMILES string of the molecule is N#Cc1nc(/C=C/c2ccc([N+](=O)[O-])cc2)oc1N1CCN(C(=O)c2cccc(Cl)c2)CC1. The number of nitro groups is 1. The molecule has 9 nitrogen and oxygen atoms in total. The van der Waals surface area contributed by atoms with Gasteiger partial charge in [-0.3, -0.25) is 14.9 Å². The van der Waals surface area contributed by atoms with Crippen molar-refractivity contribution in [1.82, 2.24) is 9.88 Å². The summed E-state index contributed by atoms with van der Waals surface area (Å²) >= 11 is 5.99. The van der Waals surface area contributed by atoms with E-state index in [2.05, 4.69) is 4.98 Å². The summed E-state index contributed by atoms with van der Waals surface area (Å²) in [5, 5.41) is 20.7. The first-order valence-electron chi connectivity index (χ1n) is 10.1. The van der Waals surface area contributed by atoms with Crippen LogP contribution in [0.3, 0.4) is 0 Å². The monoisotopic (exact) mass is 463 g/mol. The van der Waals surface area contributed by atoms with Crippen LogP contribution in [0.15, 0.2) is 52.9 Å². The van der Waals surface area contributed by atoms with Gasteiger partial charge in [0.05, 0.1) is 4.92 Å². The summed E-state index contributed by atoms with van der Waals surface area (Å²) in [6.07, 6.45) is 3.30. The van der Waals surface area contributed by atoms with Crippen molar-refractivity contribution in [3.63, 3.8) is 0 Å². The van der Waals surface area contributed by atoms with Crippen molar-refractivity contribution in [2.45, 2.75) is 0 Å². The Morgan fingerprint density at radius 2 is 1.88 bits per heavy atom. The van der Waals surface area contributed by atoms with Gasteiger partial charge < -0.3 is 14.2 Å². The van der Waals surface area contributed by atoms with Gasteiger partial charge in [0, 0.05) is 55.0 Å². The Hall–Kier alpha value is -4.16. The number of piperazine rings is 1. The number of hydrogen-bond acceptors (Lipinski definition) is 7. The molecule has 1 fully saturated rings. The van der Waals surface area contributed by atoms with Gasteiger partial charge >= 0.3 is 0 Å². The van der Waals surface area contributed by atoms with Crippen molar-refractivity contribution in [3.8, 4) is 6.07 Å². The topological polar surface area (TPSA) is 117 Å². The average Bonchev–Trinajstić information content (AvgIpc) is 3.26. The lowest BCUT2D eigenvalue weighted by Gasteiger charge is -2.34. The maximum atomic E-state index is 12.7. The van der Waals surface area contributed by atoms with Gasteiger partial charge in [0.2, 0.25) is 17.5 Å². The molecule has 1 amide bonds. The number of carbonyl (C=O) groups is 1. The third-order valence-electron chi connectivity index (χ3n) is 5.18. The molecule has 166 valence electrons. The Bertz CT molecular complexity index is 1250. The highest BCUT2D eigenvalue weighted by atomic mass is 35.5. The van der Waals surface area contributed by atoms with Crippen molar-refractivity contribution < 1.29 is 14.1 Å². The molecule has 1 aromatic heterocycles. The highest BCUT2D eigenvalue weighted by Gasteiger charge is 2.26. The molecule has 1 aliphatic rings. The van der Waals surface area contributed by atoms with Crippen LogP contribution in [0.25, 0.3) is 12.2 Å². The predicted molar refractivity (Wildman–Crippen MR) is 123 cm³/mol. The van der Waals surface area contributed by atoms with Crippen LogP contribution in [-0.2, 0) is 0 Å². The van der Waals surface area contributed by atoms with Crippen LogP contribution in [0.4, 0.5) is 11.6 Å². The molecular formula is C23H18ClN5O4. The Balaban J connectivity index is 1.43. The molecule has 3 aromatic rings. The maximum absolute atomic E-state index is 12.7. The first kappa shape index (κ1) is 22.0. The zero-order valence-electron chi connectivity index (χ0n) is 17.3. The smallest absolute Gasteiger partial charge is 0.269 e. The Morgan fingerprint density at radius 3 is 2.52 bits per heavy atom. The van der Waals surface area contributed by atoms with Gasteiger partial charge in [-0.2, -0.15) is 10.2 Å². The van der Waals surface area contributed by atoms with E-state index in [1.54, 1.807) is 53.5 Å². The minimum Gasteiger partial charge on any atom is -0.420 e. The number of rotatable bonds is 5. The minimum atomic E-state index is -0.463. The van der Waals surface area contributed by atoms with Crippen molar-refractivity contribution in [2.24, 2.45) is 0 Å². The van der Waals surface area contributed by atoms with Gasteiger partial charge in [-0.15, -0.1) is 0 Å². The minimum absolute atomic E-state index is 0.00492. The van der Waals surface area contributed by atoms with Crippen LogP contribution in [0.1, 0.15) is 27.5 Å². The lowest BCUT2D eigenvalue weighted by Crippen LogP contribution is -2.48. The molecule has 0 unspecified atom stereocenters. The van der Waals surface area contributed by atoms with E-state index in [1.807, 2.05) is 11.0 Å². The van der Waals surface area contributed by atoms with Gasteiger partial charge in [0.1, 0.15) is 6.07 Å². The van der Waals surface area contributed by atoms with E-state index < -0.39 is 4.92 Å². The molecule has 2 heterocycles. The molecule has 1 aliphatic heterocycles. The molecule has 0 bridgehead atoms. The molecule has 1 saturated heterocycles. The number of nitro benzene ring substituents is 1. The molecule has 0 N–H and O–H groups in total. The molecular weight excluding hydrogens is 446 g/mol. The van der Waals surface area contributed by atoms with E-state index in [1.165, 1.54) is 12.1 Å². The van der Waals surface area contributed by atoms with Crippen LogP contribution in [0.2, 0.25) is 5.02 Å². The zero-order chi connectivity index (χ0) is 23.4. The predicted octanol–water partition coefficient (Wildman–Crippen LogP) is 4.24. The number of non-ortho nitro benzene ring substituents is 1. The largest absolute Gasteiger partial charge is 0.420 e. The third-order valence-corrected chi connectivity index (χ3v) is 5.41. The summed E-state index contributed by atoms with van der Waals surface area (Å²) in [5.41, 5.74) is 1.43. The quantitative estimate of drug-likeness (QED) is 0.410. The van der Waals surface area contributed by atoms with Gasteiger partial charge in [-0.05, 0) is 42.0 Å². The molecule has 0 atom stereocenters. The average molecular weight is 464 g/mol. The number of nitrogens with zero attached hydrogens (tertiary/aromatic N) is 5. The molecule has 0 spiro atoms. The highest BCUT2D eigenvalue weighted by Crippen LogP contribution is 2.25. The van der Waals surface area contributed by atoms with Gasteiger partial charge in [0.25, 0.3) is 11.6 Å². The lowest BCUT2D eigenvalue weighted by molar-refractivity contribution is -0.384. The summed E-state index contributed by atoms with van der Waals surface area (Å²) in [5.74, 6) is 0.509. The van der Waals surface area contributed by atoms with Crippen LogP contribution in [0.5, 0.6) is 0 Å². The van der Waals surface area contributed by atoms with Gasteiger partial charge in [-0.1, -0.05) is 17.7 Å². The summed E-state index contributed by atoms with van der Waals surface area (Å²) in [6, 6.07) is 14.9. The molecule has 0 saturated carbocycles. The van der Waals surface area contributed by atoms with E-state index in [9.17, 15) is 20.2 Å². The number of hydrogen-bond donors (Lipinski definition) is 0. The summed E-state index contributed by atoms with van der Waals surface area (Å²) < 4.78 is 5.80. The van der Waals surface area contributed by atoms with Crippen LogP contribution >= 0.6 is 11.6 Å². The molecule has 0 radical (unpaired) electrons. The molecule has 2 aromatic carbocycles. The summed E-state index contributed by atoms with van der Waals surface area (Å²) in [4.78, 5) is 30.8. The van der Waals surface area contributed by atoms with E-state index in [0.29, 0.717) is 42.6 Å². The van der Waals surface area contributed by atoms with Crippen molar-refractivity contribution >= 4 is 41.2 Å². The fraction of sp³-hybridized carbons (Fsp3) is 0.174. The second kappa shape index (κ2) is 9.54. The number of halogens is 1. The molecule has 10 heteroatoms. The fourth-order valence-corrected chi connectivity index (χ4v) is 3.67. The van der Waals surface area contributed by atoms with Crippen molar-refractivity contribution in [2.75, 3.05) is 31.1 Å². The number of amides is 1. The molecule has 4 rings (SSSR count). The van der Waals surface area contributed by atoms with E-state index in [0.717, 1.165) is 5.56 Å². The first-order valence-corrected chi connectivity index (χ1v) is 10.5. The number of carbonyl (C=O) groups excluding carboxylic acids is 1. The number of oxazole rings is 1. The Kier molecular flexibility index (Phi) is 6.38. The normalized spacial score (nSPS) is 13.8. The van der Waals surface area contributed by atoms with Gasteiger partial charge in [0.15, 0.2) is 0 Å². The second-order valence-electron chi connectivity index (χ2n) is 7.29. The number of anilines is 1. The van der Waals surface area contributed by atoms with Crippen molar-refractivity contribution in [3.05, 3.63) is 86.4 Å². The lowest BCUT2D eigenvalue weighted by atomic mass is 10.2. The third kappa shape index (κ3) is 5.02. The van der Waals surface area contributed by atoms with E-state index in [4.69, 9.17) is 16.0 Å². The van der Waals surface area contributed by atoms with Crippen molar-refractivity contribution in [1.29, 1.82) is 5.26 Å². The standard InChI is InChI=1S/C23H18ClN5O4/c24-18-3-1-2-17(14-18)22(30)27-10-12-28(13-11-27)23-20(15-25)26-21(33-23)9-6-16-4-7-19(8-5-16)29(31)32/h1-9,14H,10-13H2/b9-6+. The Morgan fingerprint density at radius 1 is 1.15 bits per heavy atom. The zero-order valence-corrected chi connectivity index (χ0v) is 18.1. The fourth-order valence-electron chi connectivity index (χ4n) is 3.48. The van der Waals surface area contributed by atoms with Crippen LogP contribution < -0.4 is 4.90 Å². The first-order chi connectivity index (χ1) is 15.9. The number of aromatic nitrogens is 1. The van der Waals surface area contributed by atoms with Crippen LogP contribution in [-0.4, -0.2) is 46.9 Å². The molecule has 0 aliphatic carbocycles. The van der Waals surface area contributed by atoms with Gasteiger partial charge in [-0.25, -0.2) is 0 Å². The maximum Gasteiger partial charge on any atom is 0.269 e. The van der Waals surface area contributed by atoms with Crippen LogP contribution in [0, 0.1) is 21.4 Å².